The second-order valence-corrected chi connectivity index (χ2v) is 4.62. The molecule has 1 unspecified atom stereocenters. The molecule has 0 aromatic heterocycles. The van der Waals surface area contributed by atoms with E-state index in [4.69, 9.17) is 5.73 Å². The van der Waals surface area contributed by atoms with Gasteiger partial charge in [-0.05, 0) is 24.7 Å². The Balaban J connectivity index is 0.00000121. The summed E-state index contributed by atoms with van der Waals surface area (Å²) in [6.45, 7) is 4.82. The monoisotopic (exact) mass is 193 g/mol. The van der Waals surface area contributed by atoms with Gasteiger partial charge in [0.1, 0.15) is 0 Å². The number of halogens is 1. The van der Waals surface area contributed by atoms with Gasteiger partial charge in [-0.15, -0.1) is 12.4 Å². The molecule has 0 bridgehead atoms. The van der Waals surface area contributed by atoms with Crippen molar-refractivity contribution >= 4 is 12.4 Å². The van der Waals surface area contributed by atoms with Crippen LogP contribution in [0.3, 0.4) is 0 Å². The van der Waals surface area contributed by atoms with E-state index in [0.29, 0.717) is 6.54 Å². The molecule has 0 amide bonds. The van der Waals surface area contributed by atoms with E-state index in [9.17, 15) is 5.11 Å². The van der Waals surface area contributed by atoms with Crippen LogP contribution in [0.4, 0.5) is 0 Å². The number of nitrogens with two attached hydrogens (primary N) is 1. The number of rotatable bonds is 1. The Labute approximate surface area is 80.9 Å². The number of aliphatic hydroxyl groups is 1. The smallest absolute Gasteiger partial charge is 0.0774 e. The van der Waals surface area contributed by atoms with Crippen molar-refractivity contribution in [3.8, 4) is 0 Å². The van der Waals surface area contributed by atoms with E-state index in [2.05, 4.69) is 13.8 Å². The molecule has 3 heteroatoms. The molecule has 0 radical (unpaired) electrons. The molecule has 1 aliphatic rings. The fourth-order valence-electron chi connectivity index (χ4n) is 2.14. The molecule has 1 rings (SSSR count). The Kier molecular flexibility index (Phi) is 4.01. The van der Waals surface area contributed by atoms with Gasteiger partial charge in [-0.3, -0.25) is 0 Å². The SMILES string of the molecule is CC1(C)CCCC(O)(CN)C1.Cl. The lowest BCUT2D eigenvalue weighted by Crippen LogP contribution is -2.44. The van der Waals surface area contributed by atoms with Gasteiger partial charge in [0.25, 0.3) is 0 Å². The summed E-state index contributed by atoms with van der Waals surface area (Å²) < 4.78 is 0. The third kappa shape index (κ3) is 2.92. The Morgan fingerprint density at radius 2 is 1.92 bits per heavy atom. The second kappa shape index (κ2) is 3.95. The molecule has 0 spiro atoms. The maximum absolute atomic E-state index is 9.89. The van der Waals surface area contributed by atoms with Crippen molar-refractivity contribution in [2.24, 2.45) is 11.1 Å². The molecule has 1 atom stereocenters. The van der Waals surface area contributed by atoms with E-state index in [0.717, 1.165) is 19.3 Å². The fourth-order valence-corrected chi connectivity index (χ4v) is 2.14. The summed E-state index contributed by atoms with van der Waals surface area (Å²) in [6.07, 6.45) is 4.07. The van der Waals surface area contributed by atoms with Crippen molar-refractivity contribution in [3.05, 3.63) is 0 Å². The summed E-state index contributed by atoms with van der Waals surface area (Å²) in [5.74, 6) is 0. The average molecular weight is 194 g/mol. The first-order chi connectivity index (χ1) is 4.97. The summed E-state index contributed by atoms with van der Waals surface area (Å²) in [5.41, 5.74) is 5.22. The van der Waals surface area contributed by atoms with Gasteiger partial charge in [0, 0.05) is 6.54 Å². The zero-order valence-corrected chi connectivity index (χ0v) is 8.78. The first-order valence-electron chi connectivity index (χ1n) is 4.40. The standard InChI is InChI=1S/C9H19NO.ClH/c1-8(2)4-3-5-9(11,6-8)7-10;/h11H,3-7,10H2,1-2H3;1H. The third-order valence-electron chi connectivity index (χ3n) is 2.68. The van der Waals surface area contributed by atoms with Crippen LogP contribution < -0.4 is 5.73 Å². The third-order valence-corrected chi connectivity index (χ3v) is 2.68. The molecule has 0 heterocycles. The zero-order valence-electron chi connectivity index (χ0n) is 7.97. The normalized spacial score (nSPS) is 34.0. The molecule has 1 saturated carbocycles. The summed E-state index contributed by atoms with van der Waals surface area (Å²) >= 11 is 0. The predicted molar refractivity (Wildman–Crippen MR) is 53.5 cm³/mol. The average Bonchev–Trinajstić information content (AvgIpc) is 1.85. The van der Waals surface area contributed by atoms with Gasteiger partial charge in [0.15, 0.2) is 0 Å². The van der Waals surface area contributed by atoms with Crippen LogP contribution in [-0.4, -0.2) is 17.3 Å². The van der Waals surface area contributed by atoms with Crippen LogP contribution in [0.1, 0.15) is 39.5 Å². The summed E-state index contributed by atoms with van der Waals surface area (Å²) in [6, 6.07) is 0. The van der Waals surface area contributed by atoms with Crippen LogP contribution >= 0.6 is 12.4 Å². The number of hydrogen-bond donors (Lipinski definition) is 2. The molecule has 3 N–H and O–H groups in total. The van der Waals surface area contributed by atoms with Crippen LogP contribution in [0, 0.1) is 5.41 Å². The fraction of sp³-hybridized carbons (Fsp3) is 1.00. The molecule has 0 saturated heterocycles. The maximum Gasteiger partial charge on any atom is 0.0774 e. The Morgan fingerprint density at radius 1 is 1.33 bits per heavy atom. The van der Waals surface area contributed by atoms with E-state index in [1.54, 1.807) is 0 Å². The van der Waals surface area contributed by atoms with Crippen LogP contribution in [-0.2, 0) is 0 Å². The lowest BCUT2D eigenvalue weighted by atomic mass is 9.70. The quantitative estimate of drug-likeness (QED) is 0.666. The van der Waals surface area contributed by atoms with Crippen molar-refractivity contribution in [1.82, 2.24) is 0 Å². The van der Waals surface area contributed by atoms with Crippen molar-refractivity contribution < 1.29 is 5.11 Å². The minimum Gasteiger partial charge on any atom is -0.389 e. The molecule has 0 aromatic carbocycles. The molecule has 12 heavy (non-hydrogen) atoms. The molecule has 74 valence electrons. The van der Waals surface area contributed by atoms with Crippen molar-refractivity contribution in [3.63, 3.8) is 0 Å². The van der Waals surface area contributed by atoms with E-state index < -0.39 is 5.60 Å². The van der Waals surface area contributed by atoms with E-state index in [-0.39, 0.29) is 17.8 Å². The van der Waals surface area contributed by atoms with Gasteiger partial charge >= 0.3 is 0 Å². The molecule has 0 aliphatic heterocycles. The first-order valence-corrected chi connectivity index (χ1v) is 4.40. The minimum atomic E-state index is -0.568. The number of hydrogen-bond acceptors (Lipinski definition) is 2. The van der Waals surface area contributed by atoms with Gasteiger partial charge in [0.05, 0.1) is 5.60 Å². The molecular weight excluding hydrogens is 174 g/mol. The maximum atomic E-state index is 9.89. The van der Waals surface area contributed by atoms with E-state index in [1.807, 2.05) is 0 Å². The summed E-state index contributed by atoms with van der Waals surface area (Å²) in [5, 5.41) is 9.89. The highest BCUT2D eigenvalue weighted by molar-refractivity contribution is 5.85. The molecule has 1 aliphatic carbocycles. The van der Waals surface area contributed by atoms with Crippen LogP contribution in [0.2, 0.25) is 0 Å². The van der Waals surface area contributed by atoms with E-state index >= 15 is 0 Å². The highest BCUT2D eigenvalue weighted by Crippen LogP contribution is 2.40. The van der Waals surface area contributed by atoms with Gasteiger partial charge in [-0.1, -0.05) is 20.3 Å². The van der Waals surface area contributed by atoms with Crippen LogP contribution in [0.5, 0.6) is 0 Å². The molecule has 0 aromatic rings. The summed E-state index contributed by atoms with van der Waals surface area (Å²) in [7, 11) is 0. The second-order valence-electron chi connectivity index (χ2n) is 4.62. The Bertz CT molecular complexity index is 149. The zero-order chi connectivity index (χ0) is 8.54. The highest BCUT2D eigenvalue weighted by atomic mass is 35.5. The summed E-state index contributed by atoms with van der Waals surface area (Å²) in [4.78, 5) is 0. The molecule has 1 fully saturated rings. The lowest BCUT2D eigenvalue weighted by Gasteiger charge is -2.40. The van der Waals surface area contributed by atoms with Gasteiger partial charge in [-0.25, -0.2) is 0 Å². The largest absolute Gasteiger partial charge is 0.389 e. The Hall–Kier alpha value is 0.210. The topological polar surface area (TPSA) is 46.2 Å². The first kappa shape index (κ1) is 12.2. The van der Waals surface area contributed by atoms with Crippen LogP contribution in [0.25, 0.3) is 0 Å². The molecule has 2 nitrogen and oxygen atoms in total. The van der Waals surface area contributed by atoms with Gasteiger partial charge < -0.3 is 10.8 Å². The highest BCUT2D eigenvalue weighted by Gasteiger charge is 2.37. The van der Waals surface area contributed by atoms with Gasteiger partial charge in [0.2, 0.25) is 0 Å². The Morgan fingerprint density at radius 3 is 2.25 bits per heavy atom. The van der Waals surface area contributed by atoms with Crippen molar-refractivity contribution in [2.45, 2.75) is 45.1 Å². The van der Waals surface area contributed by atoms with Crippen molar-refractivity contribution in [2.75, 3.05) is 6.54 Å². The van der Waals surface area contributed by atoms with Crippen LogP contribution in [0.15, 0.2) is 0 Å². The lowest BCUT2D eigenvalue weighted by molar-refractivity contribution is -0.0310. The van der Waals surface area contributed by atoms with E-state index in [1.165, 1.54) is 6.42 Å². The predicted octanol–water partition coefficient (Wildman–Crippen LogP) is 1.70. The molecular formula is C9H20ClNO. The van der Waals surface area contributed by atoms with Gasteiger partial charge in [-0.2, -0.15) is 0 Å². The minimum absolute atomic E-state index is 0. The van der Waals surface area contributed by atoms with Crippen molar-refractivity contribution in [1.29, 1.82) is 0 Å².